The summed E-state index contributed by atoms with van der Waals surface area (Å²) in [5, 5.41) is 15.4. The maximum absolute atomic E-state index is 14.0. The van der Waals surface area contributed by atoms with Gasteiger partial charge in [-0.15, -0.1) is 0 Å². The number of ether oxygens (including phenoxy) is 1. The Labute approximate surface area is 401 Å². The summed E-state index contributed by atoms with van der Waals surface area (Å²) in [6.07, 6.45) is 2.45. The van der Waals surface area contributed by atoms with E-state index in [1.807, 2.05) is 62.3 Å². The van der Waals surface area contributed by atoms with E-state index in [2.05, 4.69) is 23.8 Å². The highest BCUT2D eigenvalue weighted by atomic mass is 31.3. The molecule has 1 saturated carbocycles. The van der Waals surface area contributed by atoms with E-state index in [-0.39, 0.29) is 110 Å². The second-order valence-corrected chi connectivity index (χ2v) is 26.5. The summed E-state index contributed by atoms with van der Waals surface area (Å²) in [4.78, 5) is 109. The molecule has 2 rings (SSSR count). The maximum atomic E-state index is 14.0. The van der Waals surface area contributed by atoms with Crippen molar-refractivity contribution >= 4 is 58.4 Å². The Morgan fingerprint density at radius 2 is 1.18 bits per heavy atom. The van der Waals surface area contributed by atoms with E-state index in [0.29, 0.717) is 0 Å². The number of Topliss-reactive ketones (excluding diaryl/α,β-unsaturated/α-hetero) is 4. The SMILES string of the molecule is CC(C)(C)CC(=O)CCC(N)C(=O)NC(CCC(=O)CC(C)(C)C)C(=O)CC(CCC(=O)CC(C)(C)C)C(=O)NCCOP(=O)(O)OP(=O)(O)OP(=O)(O)OC[C@H]1O[C@@H](C2CCCCC2)CC1O. The molecule has 1 aliphatic heterocycles. The van der Waals surface area contributed by atoms with Gasteiger partial charge >= 0.3 is 23.5 Å². The number of amides is 2. The van der Waals surface area contributed by atoms with Crippen molar-refractivity contribution < 1.29 is 84.7 Å². The summed E-state index contributed by atoms with van der Waals surface area (Å²) in [5.41, 5.74) is 5.12. The zero-order valence-electron chi connectivity index (χ0n) is 41.4. The Balaban J connectivity index is 2.09. The number of aliphatic hydroxyl groups is 1. The summed E-state index contributed by atoms with van der Waals surface area (Å²) in [6, 6.07) is -2.44. The highest BCUT2D eigenvalue weighted by molar-refractivity contribution is 7.66. The van der Waals surface area contributed by atoms with E-state index < -0.39 is 97.5 Å². The van der Waals surface area contributed by atoms with Crippen LogP contribution >= 0.6 is 23.5 Å². The van der Waals surface area contributed by atoms with Crippen LogP contribution in [0.4, 0.5) is 0 Å². The molecule has 7 unspecified atom stereocenters. The summed E-state index contributed by atoms with van der Waals surface area (Å²) in [5.74, 6) is -3.66. The quantitative estimate of drug-likeness (QED) is 0.0306. The lowest BCUT2D eigenvalue weighted by atomic mass is 9.84. The number of carbonyl (C=O) groups is 6. The lowest BCUT2D eigenvalue weighted by molar-refractivity contribution is -0.133. The van der Waals surface area contributed by atoms with Gasteiger partial charge in [0.25, 0.3) is 0 Å². The number of rotatable bonds is 30. The van der Waals surface area contributed by atoms with Crippen LogP contribution in [-0.2, 0) is 64.9 Å². The van der Waals surface area contributed by atoms with Crippen LogP contribution in [0, 0.1) is 28.1 Å². The van der Waals surface area contributed by atoms with Gasteiger partial charge in [0.05, 0.1) is 37.5 Å². The van der Waals surface area contributed by atoms with Crippen molar-refractivity contribution in [3.8, 4) is 0 Å². The van der Waals surface area contributed by atoms with E-state index in [1.54, 1.807) is 0 Å². The molecule has 0 radical (unpaired) electrons. The first-order valence-electron chi connectivity index (χ1n) is 23.5. The van der Waals surface area contributed by atoms with Gasteiger partial charge in [-0.2, -0.15) is 8.62 Å². The van der Waals surface area contributed by atoms with Gasteiger partial charge in [-0.25, -0.2) is 13.7 Å². The van der Waals surface area contributed by atoms with Gasteiger partial charge in [0.1, 0.15) is 23.5 Å². The van der Waals surface area contributed by atoms with Gasteiger partial charge in [-0.1, -0.05) is 81.6 Å². The number of carbonyl (C=O) groups excluding carboxylic acids is 6. The number of nitrogens with two attached hydrogens (primary N) is 1. The minimum absolute atomic E-state index is 0.00153. The van der Waals surface area contributed by atoms with E-state index in [4.69, 9.17) is 15.0 Å². The highest BCUT2D eigenvalue weighted by Crippen LogP contribution is 2.67. The number of aliphatic hydroxyl groups excluding tert-OH is 1. The lowest BCUT2D eigenvalue weighted by Gasteiger charge is -2.27. The minimum Gasteiger partial charge on any atom is -0.390 e. The molecule has 2 amide bonds. The van der Waals surface area contributed by atoms with Crippen molar-refractivity contribution in [2.45, 2.75) is 195 Å². The second kappa shape index (κ2) is 27.1. The molecule has 2 aliphatic rings. The molecule has 1 heterocycles. The normalized spacial score (nSPS) is 22.5. The monoisotopic (exact) mass is 1030 g/mol. The maximum Gasteiger partial charge on any atom is 0.490 e. The fraction of sp³-hybridized carbons (Fsp3) is 0.864. The Bertz CT molecular complexity index is 1860. The Hall–Kier alpha value is -2.09. The van der Waals surface area contributed by atoms with Gasteiger partial charge in [-0.05, 0) is 54.3 Å². The summed E-state index contributed by atoms with van der Waals surface area (Å²) >= 11 is 0. The van der Waals surface area contributed by atoms with Crippen LogP contribution in [-0.4, -0.2) is 105 Å². The van der Waals surface area contributed by atoms with Gasteiger partial charge in [0.2, 0.25) is 11.8 Å². The molecule has 1 aliphatic carbocycles. The molecule has 1 saturated heterocycles. The van der Waals surface area contributed by atoms with E-state index >= 15 is 0 Å². The third-order valence-corrected chi connectivity index (χ3v) is 15.4. The largest absolute Gasteiger partial charge is 0.490 e. The topological polar surface area (TPSA) is 331 Å². The average Bonchev–Trinajstić information content (AvgIpc) is 3.55. The van der Waals surface area contributed by atoms with Crippen molar-refractivity contribution in [2.24, 2.45) is 33.8 Å². The van der Waals surface area contributed by atoms with Crippen LogP contribution < -0.4 is 16.4 Å². The molecule has 0 bridgehead atoms. The minimum atomic E-state index is -5.85. The number of ketones is 4. The fourth-order valence-corrected chi connectivity index (χ4v) is 11.6. The number of phosphoric acid groups is 3. The van der Waals surface area contributed by atoms with Crippen molar-refractivity contribution in [3.63, 3.8) is 0 Å². The second-order valence-electron chi connectivity index (χ2n) is 21.9. The Morgan fingerprint density at radius 3 is 1.69 bits per heavy atom. The molecule has 394 valence electrons. The van der Waals surface area contributed by atoms with Crippen LogP contribution in [0.15, 0.2) is 0 Å². The standard InChI is InChI=1S/C44H80N3O18P3/c1-42(2,3)25-31(48)16-15-30(23-36(51)35(20-18-33(50)27-44(7,8)9)47-41(54)34(45)19-17-32(49)26-43(4,5)6)40(53)46-21-22-61-66(55,56)64-68(59,60)65-67(57,58)62-28-39-37(52)24-38(63-39)29-13-11-10-12-14-29/h29-30,34-35,37-39,52H,10-28,45H2,1-9H3,(H,46,53)(H,47,54)(H,55,56)(H,57,58)(H,59,60)/t30?,34?,35?,37?,38-,39-/m1/s1. The molecule has 2 fully saturated rings. The number of nitrogens with one attached hydrogen (secondary N) is 2. The molecular weight excluding hydrogens is 951 g/mol. The van der Waals surface area contributed by atoms with Crippen molar-refractivity contribution in [3.05, 3.63) is 0 Å². The first-order valence-corrected chi connectivity index (χ1v) is 28.0. The smallest absolute Gasteiger partial charge is 0.390 e. The van der Waals surface area contributed by atoms with Crippen molar-refractivity contribution in [1.82, 2.24) is 10.6 Å². The predicted octanol–water partition coefficient (Wildman–Crippen LogP) is 6.31. The third-order valence-electron chi connectivity index (χ3n) is 11.2. The molecule has 68 heavy (non-hydrogen) atoms. The van der Waals surface area contributed by atoms with Crippen LogP contribution in [0.5, 0.6) is 0 Å². The molecule has 8 N–H and O–H groups in total. The summed E-state index contributed by atoms with van der Waals surface area (Å²) < 4.78 is 61.3. The average molecular weight is 1030 g/mol. The number of phosphoric ester groups is 2. The fourth-order valence-electron chi connectivity index (χ4n) is 8.12. The highest BCUT2D eigenvalue weighted by Gasteiger charge is 2.44. The Morgan fingerprint density at radius 1 is 0.691 bits per heavy atom. The van der Waals surface area contributed by atoms with Crippen LogP contribution in [0.2, 0.25) is 0 Å². The molecule has 0 aromatic carbocycles. The number of hydrogen-bond donors (Lipinski definition) is 7. The predicted molar refractivity (Wildman–Crippen MR) is 250 cm³/mol. The van der Waals surface area contributed by atoms with E-state index in [0.717, 1.165) is 32.1 Å². The molecule has 21 nitrogen and oxygen atoms in total. The van der Waals surface area contributed by atoms with Crippen LogP contribution in [0.3, 0.4) is 0 Å². The molecule has 9 atom stereocenters. The first kappa shape index (κ1) is 62.0. The molecular formula is C44H80N3O18P3. The van der Waals surface area contributed by atoms with Crippen molar-refractivity contribution in [2.75, 3.05) is 19.8 Å². The Kier molecular flexibility index (Phi) is 24.7. The molecule has 0 aromatic rings. The van der Waals surface area contributed by atoms with Crippen LogP contribution in [0.25, 0.3) is 0 Å². The van der Waals surface area contributed by atoms with Gasteiger partial charge in [0.15, 0.2) is 5.78 Å². The zero-order valence-corrected chi connectivity index (χ0v) is 44.1. The van der Waals surface area contributed by atoms with E-state index in [9.17, 15) is 62.2 Å². The summed E-state index contributed by atoms with van der Waals surface area (Å²) in [6.45, 7) is 14.7. The molecule has 0 aromatic heterocycles. The summed E-state index contributed by atoms with van der Waals surface area (Å²) in [7, 11) is -16.9. The van der Waals surface area contributed by atoms with Gasteiger partial charge in [0, 0.05) is 63.8 Å². The number of hydrogen-bond acceptors (Lipinski definition) is 16. The van der Waals surface area contributed by atoms with Crippen LogP contribution in [0.1, 0.15) is 165 Å². The van der Waals surface area contributed by atoms with E-state index in [1.165, 1.54) is 0 Å². The molecule has 0 spiro atoms. The van der Waals surface area contributed by atoms with Gasteiger partial charge in [-0.3, -0.25) is 37.8 Å². The van der Waals surface area contributed by atoms with Crippen molar-refractivity contribution in [1.29, 1.82) is 0 Å². The first-order chi connectivity index (χ1) is 31.0. The zero-order chi connectivity index (χ0) is 51.9. The third kappa shape index (κ3) is 26.4. The van der Waals surface area contributed by atoms with Gasteiger partial charge < -0.3 is 40.9 Å². The lowest BCUT2D eigenvalue weighted by Crippen LogP contribution is -2.49. The molecule has 24 heteroatoms.